The van der Waals surface area contributed by atoms with Crippen LogP contribution in [0.1, 0.15) is 13.3 Å². The number of rotatable bonds is 3. The van der Waals surface area contributed by atoms with Gasteiger partial charge >= 0.3 is 0 Å². The van der Waals surface area contributed by atoms with Gasteiger partial charge in [0.15, 0.2) is 0 Å². The molecule has 3 atom stereocenters. The molecule has 2 aliphatic heterocycles. The van der Waals surface area contributed by atoms with Crippen LogP contribution in [0.25, 0.3) is 0 Å². The number of anilines is 1. The standard InChI is InChI=1S/C14H18ClN3O2/c1-2-12-10-7-16-6-9(10)8-17(12)14-11(15)4-3-5-13(14)18(19)20/h3-5,9-10,12,16H,2,6-8H2,1H3. The first kappa shape index (κ1) is 13.6. The number of halogens is 1. The fourth-order valence-corrected chi connectivity index (χ4v) is 4.02. The highest BCUT2D eigenvalue weighted by Crippen LogP contribution is 2.44. The summed E-state index contributed by atoms with van der Waals surface area (Å²) < 4.78 is 0. The maximum atomic E-state index is 11.3. The van der Waals surface area contributed by atoms with Crippen LogP contribution in [0.5, 0.6) is 0 Å². The van der Waals surface area contributed by atoms with Gasteiger partial charge in [0.1, 0.15) is 5.69 Å². The number of nitrogens with zero attached hydrogens (tertiary/aromatic N) is 2. The van der Waals surface area contributed by atoms with Crippen molar-refractivity contribution in [2.75, 3.05) is 24.5 Å². The Kier molecular flexibility index (Phi) is 3.56. The Bertz CT molecular complexity index is 537. The van der Waals surface area contributed by atoms with E-state index in [1.807, 2.05) is 0 Å². The third kappa shape index (κ3) is 2.05. The molecule has 20 heavy (non-hydrogen) atoms. The molecule has 108 valence electrons. The minimum absolute atomic E-state index is 0.115. The molecule has 3 unspecified atom stereocenters. The van der Waals surface area contributed by atoms with Crippen LogP contribution in [0.2, 0.25) is 5.02 Å². The summed E-state index contributed by atoms with van der Waals surface area (Å²) >= 11 is 6.27. The maximum absolute atomic E-state index is 11.3. The van der Waals surface area contributed by atoms with E-state index in [1.165, 1.54) is 0 Å². The SMILES string of the molecule is CCC1C2CNCC2CN1c1c(Cl)cccc1[N+](=O)[O-]. The van der Waals surface area contributed by atoms with Crippen LogP contribution in [-0.4, -0.2) is 30.6 Å². The predicted octanol–water partition coefficient (Wildman–Crippen LogP) is 2.68. The van der Waals surface area contributed by atoms with Gasteiger partial charge in [0.25, 0.3) is 5.69 Å². The van der Waals surface area contributed by atoms with E-state index in [2.05, 4.69) is 17.1 Å². The molecule has 0 spiro atoms. The minimum atomic E-state index is -0.333. The molecule has 6 heteroatoms. The van der Waals surface area contributed by atoms with Crippen LogP contribution in [0, 0.1) is 22.0 Å². The monoisotopic (exact) mass is 295 g/mol. The Hall–Kier alpha value is -1.33. The van der Waals surface area contributed by atoms with E-state index in [-0.39, 0.29) is 10.6 Å². The topological polar surface area (TPSA) is 58.4 Å². The molecule has 2 fully saturated rings. The molecule has 2 heterocycles. The predicted molar refractivity (Wildman–Crippen MR) is 79.4 cm³/mol. The molecule has 0 aliphatic carbocycles. The number of fused-ring (bicyclic) bond motifs is 1. The number of benzene rings is 1. The summed E-state index contributed by atoms with van der Waals surface area (Å²) in [5.74, 6) is 1.13. The summed E-state index contributed by atoms with van der Waals surface area (Å²) in [6.45, 7) is 4.98. The second kappa shape index (κ2) is 5.22. The number of hydrogen-bond acceptors (Lipinski definition) is 4. The molecule has 1 aromatic carbocycles. The van der Waals surface area contributed by atoms with Gasteiger partial charge in [-0.15, -0.1) is 0 Å². The smallest absolute Gasteiger partial charge is 0.294 e. The Labute approximate surface area is 123 Å². The first-order valence-electron chi connectivity index (χ1n) is 7.03. The summed E-state index contributed by atoms with van der Waals surface area (Å²) in [4.78, 5) is 13.1. The highest BCUT2D eigenvalue weighted by molar-refractivity contribution is 6.33. The van der Waals surface area contributed by atoms with E-state index in [0.29, 0.717) is 28.6 Å². The maximum Gasteiger partial charge on any atom is 0.294 e. The molecular formula is C14H18ClN3O2. The van der Waals surface area contributed by atoms with E-state index < -0.39 is 0 Å². The normalized spacial score (nSPS) is 28.7. The lowest BCUT2D eigenvalue weighted by atomic mass is 9.93. The molecule has 0 bridgehead atoms. The van der Waals surface area contributed by atoms with Crippen molar-refractivity contribution < 1.29 is 4.92 Å². The molecule has 0 aromatic heterocycles. The van der Waals surface area contributed by atoms with Gasteiger partial charge in [0, 0.05) is 31.7 Å². The largest absolute Gasteiger partial charge is 0.361 e. The number of nitro groups is 1. The molecule has 5 nitrogen and oxygen atoms in total. The molecular weight excluding hydrogens is 278 g/mol. The third-order valence-electron chi connectivity index (χ3n) is 4.59. The van der Waals surface area contributed by atoms with Crippen molar-refractivity contribution >= 4 is 23.0 Å². The van der Waals surface area contributed by atoms with Gasteiger partial charge in [-0.3, -0.25) is 10.1 Å². The van der Waals surface area contributed by atoms with E-state index in [4.69, 9.17) is 11.6 Å². The second-order valence-electron chi connectivity index (χ2n) is 5.57. The summed E-state index contributed by atoms with van der Waals surface area (Å²) in [7, 11) is 0. The third-order valence-corrected chi connectivity index (χ3v) is 4.89. The Morgan fingerprint density at radius 1 is 1.50 bits per heavy atom. The van der Waals surface area contributed by atoms with Crippen LogP contribution < -0.4 is 10.2 Å². The van der Waals surface area contributed by atoms with Gasteiger partial charge < -0.3 is 10.2 Å². The Morgan fingerprint density at radius 3 is 3.00 bits per heavy atom. The molecule has 1 N–H and O–H groups in total. The fourth-order valence-electron chi connectivity index (χ4n) is 3.74. The van der Waals surface area contributed by atoms with Crippen molar-refractivity contribution in [3.63, 3.8) is 0 Å². The lowest BCUT2D eigenvalue weighted by molar-refractivity contribution is -0.384. The molecule has 0 amide bonds. The van der Waals surface area contributed by atoms with E-state index in [0.717, 1.165) is 26.1 Å². The van der Waals surface area contributed by atoms with E-state index >= 15 is 0 Å². The summed E-state index contributed by atoms with van der Waals surface area (Å²) in [5.41, 5.74) is 0.712. The molecule has 3 rings (SSSR count). The first-order chi connectivity index (χ1) is 9.63. The van der Waals surface area contributed by atoms with Crippen molar-refractivity contribution in [3.8, 4) is 0 Å². The zero-order valence-corrected chi connectivity index (χ0v) is 12.1. The van der Waals surface area contributed by atoms with Crippen LogP contribution in [0.15, 0.2) is 18.2 Å². The molecule has 0 radical (unpaired) electrons. The molecule has 2 saturated heterocycles. The Balaban J connectivity index is 2.03. The van der Waals surface area contributed by atoms with E-state index in [1.54, 1.807) is 18.2 Å². The highest BCUT2D eigenvalue weighted by Gasteiger charge is 2.45. The van der Waals surface area contributed by atoms with Crippen molar-refractivity contribution in [2.45, 2.75) is 19.4 Å². The van der Waals surface area contributed by atoms with Gasteiger partial charge in [-0.2, -0.15) is 0 Å². The lowest BCUT2D eigenvalue weighted by Crippen LogP contribution is -2.35. The fraction of sp³-hybridized carbons (Fsp3) is 0.571. The number of nitrogens with one attached hydrogen (secondary N) is 1. The first-order valence-corrected chi connectivity index (χ1v) is 7.41. The zero-order valence-electron chi connectivity index (χ0n) is 11.4. The summed E-state index contributed by atoms with van der Waals surface area (Å²) in [6, 6.07) is 5.25. The van der Waals surface area contributed by atoms with Gasteiger partial charge in [0.2, 0.25) is 0 Å². The van der Waals surface area contributed by atoms with Crippen LogP contribution in [0.4, 0.5) is 11.4 Å². The van der Waals surface area contributed by atoms with Crippen molar-refractivity contribution in [3.05, 3.63) is 33.3 Å². The van der Waals surface area contributed by atoms with Gasteiger partial charge in [0.05, 0.1) is 9.95 Å². The van der Waals surface area contributed by atoms with Gasteiger partial charge in [-0.05, 0) is 24.3 Å². The van der Waals surface area contributed by atoms with Crippen LogP contribution >= 0.6 is 11.6 Å². The molecule has 0 saturated carbocycles. The van der Waals surface area contributed by atoms with Crippen LogP contribution in [0.3, 0.4) is 0 Å². The van der Waals surface area contributed by atoms with Gasteiger partial charge in [-0.25, -0.2) is 0 Å². The van der Waals surface area contributed by atoms with Crippen molar-refractivity contribution in [2.24, 2.45) is 11.8 Å². The van der Waals surface area contributed by atoms with Crippen molar-refractivity contribution in [1.29, 1.82) is 0 Å². The highest BCUT2D eigenvalue weighted by atomic mass is 35.5. The average molecular weight is 296 g/mol. The lowest BCUT2D eigenvalue weighted by Gasteiger charge is -2.29. The molecule has 2 aliphatic rings. The number of hydrogen-bond donors (Lipinski definition) is 1. The summed E-state index contributed by atoms with van der Waals surface area (Å²) in [5, 5.41) is 15.2. The second-order valence-corrected chi connectivity index (χ2v) is 5.98. The molecule has 1 aromatic rings. The van der Waals surface area contributed by atoms with E-state index in [9.17, 15) is 10.1 Å². The average Bonchev–Trinajstić information content (AvgIpc) is 2.98. The quantitative estimate of drug-likeness (QED) is 0.688. The number of nitro benzene ring substituents is 1. The minimum Gasteiger partial charge on any atom is -0.361 e. The summed E-state index contributed by atoms with van der Waals surface area (Å²) in [6.07, 6.45) is 0.977. The zero-order chi connectivity index (χ0) is 14.3. The van der Waals surface area contributed by atoms with Crippen molar-refractivity contribution in [1.82, 2.24) is 5.32 Å². The van der Waals surface area contributed by atoms with Crippen LogP contribution in [-0.2, 0) is 0 Å². The van der Waals surface area contributed by atoms with Gasteiger partial charge in [-0.1, -0.05) is 24.6 Å². The Morgan fingerprint density at radius 2 is 2.30 bits per heavy atom. The number of para-hydroxylation sites is 1.